The van der Waals surface area contributed by atoms with E-state index in [1.165, 1.54) is 18.8 Å². The number of nitrogens with one attached hydrogen (secondary N) is 2. The third-order valence-electron chi connectivity index (χ3n) is 3.10. The van der Waals surface area contributed by atoms with Gasteiger partial charge in [-0.1, -0.05) is 30.0 Å². The fourth-order valence-electron chi connectivity index (χ4n) is 2.11. The van der Waals surface area contributed by atoms with Gasteiger partial charge in [-0.2, -0.15) is 0 Å². The van der Waals surface area contributed by atoms with Gasteiger partial charge in [-0.05, 0) is 25.0 Å². The van der Waals surface area contributed by atoms with Crippen LogP contribution in [0, 0.1) is 13.8 Å². The Morgan fingerprint density at radius 2 is 1.95 bits per heavy atom. The van der Waals surface area contributed by atoms with Gasteiger partial charge in [0.05, 0.1) is 11.4 Å². The summed E-state index contributed by atoms with van der Waals surface area (Å²) in [5.41, 5.74) is 3.33. The van der Waals surface area contributed by atoms with E-state index in [0.717, 1.165) is 16.8 Å². The van der Waals surface area contributed by atoms with Crippen molar-refractivity contribution in [3.8, 4) is 5.69 Å². The number of hydrogen-bond donors (Lipinski definition) is 2. The second-order valence-electron chi connectivity index (χ2n) is 4.74. The summed E-state index contributed by atoms with van der Waals surface area (Å²) in [6.45, 7) is 4.07. The molecule has 0 radical (unpaired) electrons. The monoisotopic (exact) mass is 318 g/mol. The van der Waals surface area contributed by atoms with Crippen LogP contribution in [0.1, 0.15) is 11.1 Å². The summed E-state index contributed by atoms with van der Waals surface area (Å²) in [7, 11) is 1.46. The van der Waals surface area contributed by atoms with E-state index in [2.05, 4.69) is 15.6 Å². The van der Waals surface area contributed by atoms with Gasteiger partial charge in [0.25, 0.3) is 0 Å². The second kappa shape index (κ2) is 7.13. The molecule has 2 aromatic rings. The molecule has 1 aromatic carbocycles. The zero-order valence-electron chi connectivity index (χ0n) is 12.7. The van der Waals surface area contributed by atoms with E-state index < -0.39 is 6.03 Å². The number of thioether (sulfide) groups is 1. The summed E-state index contributed by atoms with van der Waals surface area (Å²) >= 11 is 1.29. The van der Waals surface area contributed by atoms with Gasteiger partial charge >= 0.3 is 6.03 Å². The third-order valence-corrected chi connectivity index (χ3v) is 4.07. The molecule has 3 amide bonds. The average molecular weight is 318 g/mol. The van der Waals surface area contributed by atoms with Gasteiger partial charge in [0.1, 0.15) is 0 Å². The van der Waals surface area contributed by atoms with Gasteiger partial charge in [0, 0.05) is 19.4 Å². The van der Waals surface area contributed by atoms with Crippen molar-refractivity contribution in [2.75, 3.05) is 12.8 Å². The Balaban J connectivity index is 2.14. The van der Waals surface area contributed by atoms with Crippen LogP contribution in [0.4, 0.5) is 4.79 Å². The zero-order valence-corrected chi connectivity index (χ0v) is 13.5. The molecule has 116 valence electrons. The van der Waals surface area contributed by atoms with E-state index in [-0.39, 0.29) is 11.7 Å². The second-order valence-corrected chi connectivity index (χ2v) is 5.68. The standard InChI is InChI=1S/C15H18N4O2S/c1-10-5-4-6-11(2)13(10)19-8-7-17-15(19)22-9-12(20)18-14(21)16-3/h4-8H,9H2,1-3H3,(H2,16,18,20,21). The molecular formula is C15H18N4O2S. The Hall–Kier alpha value is -2.28. The molecule has 0 aliphatic rings. The molecular weight excluding hydrogens is 300 g/mol. The van der Waals surface area contributed by atoms with E-state index in [0.29, 0.717) is 5.16 Å². The van der Waals surface area contributed by atoms with Crippen LogP contribution in [0.15, 0.2) is 35.7 Å². The molecule has 0 fully saturated rings. The van der Waals surface area contributed by atoms with E-state index in [9.17, 15) is 9.59 Å². The summed E-state index contributed by atoms with van der Waals surface area (Å²) in [4.78, 5) is 27.0. The number of rotatable bonds is 4. The summed E-state index contributed by atoms with van der Waals surface area (Å²) in [6, 6.07) is 5.57. The minimum atomic E-state index is -0.510. The fraction of sp³-hybridized carbons (Fsp3) is 0.267. The number of imidazole rings is 1. The summed E-state index contributed by atoms with van der Waals surface area (Å²) in [6.07, 6.45) is 3.57. The number of urea groups is 1. The largest absolute Gasteiger partial charge is 0.341 e. The maximum atomic E-state index is 11.7. The Kier molecular flexibility index (Phi) is 5.21. The van der Waals surface area contributed by atoms with Crippen LogP contribution in [-0.2, 0) is 4.79 Å². The van der Waals surface area contributed by atoms with E-state index in [4.69, 9.17) is 0 Å². The number of aromatic nitrogens is 2. The molecule has 2 rings (SSSR count). The van der Waals surface area contributed by atoms with Crippen molar-refractivity contribution >= 4 is 23.7 Å². The minimum Gasteiger partial charge on any atom is -0.341 e. The smallest absolute Gasteiger partial charge is 0.321 e. The van der Waals surface area contributed by atoms with E-state index in [1.54, 1.807) is 6.20 Å². The predicted molar refractivity (Wildman–Crippen MR) is 86.4 cm³/mol. The summed E-state index contributed by atoms with van der Waals surface area (Å²) in [5.74, 6) is -0.240. The zero-order chi connectivity index (χ0) is 16.1. The topological polar surface area (TPSA) is 76.0 Å². The fourth-order valence-corrected chi connectivity index (χ4v) is 2.87. The molecule has 0 unspecified atom stereocenters. The lowest BCUT2D eigenvalue weighted by molar-refractivity contribution is -0.117. The van der Waals surface area contributed by atoms with Crippen LogP contribution in [0.25, 0.3) is 5.69 Å². The van der Waals surface area contributed by atoms with Crippen LogP contribution in [0.2, 0.25) is 0 Å². The highest BCUT2D eigenvalue weighted by Gasteiger charge is 2.13. The van der Waals surface area contributed by atoms with E-state index >= 15 is 0 Å². The molecule has 0 aliphatic carbocycles. The lowest BCUT2D eigenvalue weighted by atomic mass is 10.1. The Bertz CT molecular complexity index is 676. The van der Waals surface area contributed by atoms with E-state index in [1.807, 2.05) is 42.8 Å². The number of para-hydroxylation sites is 1. The van der Waals surface area contributed by atoms with Crippen LogP contribution in [-0.4, -0.2) is 34.3 Å². The molecule has 0 saturated carbocycles. The van der Waals surface area contributed by atoms with Crippen LogP contribution >= 0.6 is 11.8 Å². The molecule has 0 saturated heterocycles. The quantitative estimate of drug-likeness (QED) is 0.846. The number of carbonyl (C=O) groups excluding carboxylic acids is 2. The molecule has 22 heavy (non-hydrogen) atoms. The Morgan fingerprint density at radius 3 is 2.59 bits per heavy atom. The van der Waals surface area contributed by atoms with Crippen molar-refractivity contribution in [1.82, 2.24) is 20.2 Å². The normalized spacial score (nSPS) is 10.3. The first-order valence-corrected chi connectivity index (χ1v) is 7.75. The van der Waals surface area contributed by atoms with Gasteiger partial charge < -0.3 is 5.32 Å². The highest BCUT2D eigenvalue weighted by molar-refractivity contribution is 7.99. The first-order valence-electron chi connectivity index (χ1n) is 6.77. The predicted octanol–water partition coefficient (Wildman–Crippen LogP) is 2.04. The molecule has 0 bridgehead atoms. The number of aryl methyl sites for hydroxylation is 2. The van der Waals surface area contributed by atoms with Crippen molar-refractivity contribution in [2.45, 2.75) is 19.0 Å². The maximum absolute atomic E-state index is 11.7. The average Bonchev–Trinajstić information content (AvgIpc) is 2.93. The number of carbonyl (C=O) groups is 2. The SMILES string of the molecule is CNC(=O)NC(=O)CSc1nccn1-c1c(C)cccc1C. The molecule has 0 aliphatic heterocycles. The van der Waals surface area contributed by atoms with Gasteiger partial charge in [-0.25, -0.2) is 9.78 Å². The molecule has 2 N–H and O–H groups in total. The highest BCUT2D eigenvalue weighted by Crippen LogP contribution is 2.25. The lowest BCUT2D eigenvalue weighted by Crippen LogP contribution is -2.38. The number of benzene rings is 1. The van der Waals surface area contributed by atoms with Crippen molar-refractivity contribution in [3.63, 3.8) is 0 Å². The van der Waals surface area contributed by atoms with Crippen molar-refractivity contribution in [2.24, 2.45) is 0 Å². The van der Waals surface area contributed by atoms with Gasteiger partial charge in [-0.15, -0.1) is 0 Å². The molecule has 6 nitrogen and oxygen atoms in total. The molecule has 0 spiro atoms. The number of hydrogen-bond acceptors (Lipinski definition) is 4. The summed E-state index contributed by atoms with van der Waals surface area (Å²) in [5, 5.41) is 5.28. The van der Waals surface area contributed by atoms with Crippen molar-refractivity contribution in [1.29, 1.82) is 0 Å². The van der Waals surface area contributed by atoms with Gasteiger partial charge in [0.15, 0.2) is 5.16 Å². The van der Waals surface area contributed by atoms with Crippen LogP contribution in [0.5, 0.6) is 0 Å². The molecule has 0 atom stereocenters. The first-order chi connectivity index (χ1) is 10.5. The van der Waals surface area contributed by atoms with Gasteiger partial charge in [0.2, 0.25) is 5.91 Å². The Labute approximate surface area is 133 Å². The highest BCUT2D eigenvalue weighted by atomic mass is 32.2. The minimum absolute atomic E-state index is 0.120. The summed E-state index contributed by atoms with van der Waals surface area (Å²) < 4.78 is 1.96. The molecule has 7 heteroatoms. The number of amides is 3. The number of imide groups is 1. The number of nitrogens with zero attached hydrogens (tertiary/aromatic N) is 2. The molecule has 1 heterocycles. The maximum Gasteiger partial charge on any atom is 0.321 e. The molecule has 1 aromatic heterocycles. The van der Waals surface area contributed by atoms with Crippen LogP contribution < -0.4 is 10.6 Å². The first kappa shape index (κ1) is 16.1. The Morgan fingerprint density at radius 1 is 1.27 bits per heavy atom. The van der Waals surface area contributed by atoms with Crippen LogP contribution in [0.3, 0.4) is 0 Å². The van der Waals surface area contributed by atoms with Crippen molar-refractivity contribution < 1.29 is 9.59 Å². The third kappa shape index (κ3) is 3.67. The lowest BCUT2D eigenvalue weighted by Gasteiger charge is -2.13. The van der Waals surface area contributed by atoms with Crippen molar-refractivity contribution in [3.05, 3.63) is 41.7 Å². The van der Waals surface area contributed by atoms with Gasteiger partial charge in [-0.3, -0.25) is 14.7 Å².